The van der Waals surface area contributed by atoms with E-state index in [2.05, 4.69) is 5.32 Å². The molecule has 0 spiro atoms. The highest BCUT2D eigenvalue weighted by atomic mass is 32.2. The molecule has 0 aromatic heterocycles. The molecule has 18 heteroatoms. The number of carbonyl (C=O) groups excluding carboxylic acids is 2. The number of fused-ring (bicyclic) bond motifs is 1. The molecule has 70 heavy (non-hydrogen) atoms. The van der Waals surface area contributed by atoms with E-state index < -0.39 is 66.7 Å². The third-order valence-corrected chi connectivity index (χ3v) is 15.0. The number of benzene rings is 5. The van der Waals surface area contributed by atoms with Gasteiger partial charge in [0.1, 0.15) is 30.8 Å². The molecular weight excluding hydrogens is 940 g/mol. The SMILES string of the molecule is CC(C)CN(C[C@@H](O)[C@H](Cc1ccc(OCP(=O)(OCc2ccccc2)O[C@H](C)C(=O)OCc2ccccc2)cc1)NC(=O)O[C@H]1CO[C@H]2OCC[C@H]21)S(=O)(=O)c1ccc(OCc2ccccc2)cc1. The highest BCUT2D eigenvalue weighted by Crippen LogP contribution is 2.50. The Morgan fingerprint density at radius 1 is 0.743 bits per heavy atom. The molecule has 0 aliphatic carbocycles. The number of nitrogens with one attached hydrogen (secondary N) is 1. The van der Waals surface area contributed by atoms with Crippen molar-refractivity contribution in [2.24, 2.45) is 11.8 Å². The molecule has 2 saturated heterocycles. The van der Waals surface area contributed by atoms with Crippen LogP contribution >= 0.6 is 7.60 Å². The van der Waals surface area contributed by atoms with Gasteiger partial charge in [-0.05, 0) is 84.3 Å². The molecule has 1 amide bonds. The monoisotopic (exact) mass is 1000 g/mol. The van der Waals surface area contributed by atoms with Crippen molar-refractivity contribution in [2.75, 3.05) is 32.7 Å². The maximum Gasteiger partial charge on any atom is 0.407 e. The lowest BCUT2D eigenvalue weighted by molar-refractivity contribution is -0.153. The zero-order valence-electron chi connectivity index (χ0n) is 39.4. The van der Waals surface area contributed by atoms with E-state index >= 15 is 0 Å². The van der Waals surface area contributed by atoms with Crippen LogP contribution in [0.4, 0.5) is 4.79 Å². The van der Waals surface area contributed by atoms with E-state index in [0.717, 1.165) is 16.7 Å². The Morgan fingerprint density at radius 2 is 1.33 bits per heavy atom. The number of aliphatic hydroxyl groups is 1. The van der Waals surface area contributed by atoms with E-state index in [1.54, 1.807) is 48.5 Å². The summed E-state index contributed by atoms with van der Waals surface area (Å²) in [6.07, 6.45) is -4.36. The third kappa shape index (κ3) is 15.2. The van der Waals surface area contributed by atoms with Gasteiger partial charge < -0.3 is 43.4 Å². The quantitative estimate of drug-likeness (QED) is 0.0419. The van der Waals surface area contributed by atoms with Gasteiger partial charge in [-0.2, -0.15) is 4.31 Å². The molecule has 2 aliphatic rings. The predicted octanol–water partition coefficient (Wildman–Crippen LogP) is 8.27. The van der Waals surface area contributed by atoms with Crippen molar-refractivity contribution in [2.45, 2.75) is 89.0 Å². The van der Waals surface area contributed by atoms with Gasteiger partial charge in [0.05, 0.1) is 42.8 Å². The third-order valence-electron chi connectivity index (χ3n) is 11.6. The summed E-state index contributed by atoms with van der Waals surface area (Å²) in [6.45, 7) is 5.75. The van der Waals surface area contributed by atoms with Gasteiger partial charge >= 0.3 is 19.7 Å². The molecule has 5 aromatic rings. The van der Waals surface area contributed by atoms with Crippen LogP contribution in [0.25, 0.3) is 0 Å². The maximum atomic E-state index is 14.3. The number of nitrogens with zero attached hydrogens (tertiary/aromatic N) is 1. The summed E-state index contributed by atoms with van der Waals surface area (Å²) in [5.74, 6) is -0.220. The number of sulfonamides is 1. The average molecular weight is 1000 g/mol. The molecule has 2 aliphatic heterocycles. The summed E-state index contributed by atoms with van der Waals surface area (Å²) >= 11 is 0. The van der Waals surface area contributed by atoms with Crippen molar-refractivity contribution in [3.05, 3.63) is 162 Å². The second kappa shape index (κ2) is 25.0. The van der Waals surface area contributed by atoms with Crippen LogP contribution < -0.4 is 14.8 Å². The molecule has 2 heterocycles. The lowest BCUT2D eigenvalue weighted by atomic mass is 10.0. The van der Waals surface area contributed by atoms with Crippen molar-refractivity contribution in [3.63, 3.8) is 0 Å². The summed E-state index contributed by atoms with van der Waals surface area (Å²) in [6, 6.07) is 39.5. The summed E-state index contributed by atoms with van der Waals surface area (Å²) in [7, 11) is -8.26. The van der Waals surface area contributed by atoms with Gasteiger partial charge in [-0.1, -0.05) is 117 Å². The average Bonchev–Trinajstić information content (AvgIpc) is 4.00. The largest absolute Gasteiger partial charge is 0.489 e. The molecular formula is C52H61N2O14PS. The maximum absolute atomic E-state index is 14.3. The van der Waals surface area contributed by atoms with Gasteiger partial charge in [0.2, 0.25) is 10.0 Å². The van der Waals surface area contributed by atoms with Gasteiger partial charge in [-0.3, -0.25) is 9.09 Å². The second-order valence-electron chi connectivity index (χ2n) is 17.6. The number of esters is 1. The van der Waals surface area contributed by atoms with Gasteiger partial charge in [-0.25, -0.2) is 18.0 Å². The fourth-order valence-electron chi connectivity index (χ4n) is 7.87. The van der Waals surface area contributed by atoms with Crippen molar-refractivity contribution in [3.8, 4) is 11.5 Å². The van der Waals surface area contributed by atoms with Crippen molar-refractivity contribution < 1.29 is 65.1 Å². The lowest BCUT2D eigenvalue weighted by Gasteiger charge is -2.31. The number of rotatable bonds is 25. The Kier molecular flexibility index (Phi) is 18.6. The van der Waals surface area contributed by atoms with Gasteiger partial charge in [0.25, 0.3) is 0 Å². The fourth-order valence-corrected chi connectivity index (χ4v) is 10.9. The normalized spacial score (nSPS) is 18.9. The highest BCUT2D eigenvalue weighted by Gasteiger charge is 2.44. The Bertz CT molecular complexity index is 2580. The Hall–Kier alpha value is -5.62. The molecule has 1 unspecified atom stereocenters. The number of aliphatic hydroxyl groups excluding tert-OH is 1. The van der Waals surface area contributed by atoms with Gasteiger partial charge in [0, 0.05) is 13.1 Å². The van der Waals surface area contributed by atoms with E-state index in [-0.39, 0.29) is 61.8 Å². The van der Waals surface area contributed by atoms with Crippen LogP contribution in [0.3, 0.4) is 0 Å². The zero-order chi connectivity index (χ0) is 49.5. The van der Waals surface area contributed by atoms with E-state index in [4.69, 9.17) is 37.5 Å². The molecule has 5 aromatic carbocycles. The van der Waals surface area contributed by atoms with E-state index in [1.807, 2.05) is 92.7 Å². The minimum Gasteiger partial charge on any atom is -0.489 e. The van der Waals surface area contributed by atoms with Crippen LogP contribution in [0, 0.1) is 11.8 Å². The summed E-state index contributed by atoms with van der Waals surface area (Å²) in [5, 5.41) is 14.8. The van der Waals surface area contributed by atoms with E-state index in [9.17, 15) is 27.7 Å². The number of hydrogen-bond donors (Lipinski definition) is 2. The predicted molar refractivity (Wildman–Crippen MR) is 259 cm³/mol. The molecule has 16 nitrogen and oxygen atoms in total. The molecule has 0 bridgehead atoms. The Morgan fingerprint density at radius 3 is 1.96 bits per heavy atom. The van der Waals surface area contributed by atoms with Crippen LogP contribution in [0.2, 0.25) is 0 Å². The first kappa shape index (κ1) is 52.2. The summed E-state index contributed by atoms with van der Waals surface area (Å²) in [4.78, 5) is 26.5. The van der Waals surface area contributed by atoms with E-state index in [1.165, 1.54) is 23.4 Å². The number of hydrogen-bond acceptors (Lipinski definition) is 14. The van der Waals surface area contributed by atoms with Crippen LogP contribution in [0.1, 0.15) is 49.4 Å². The molecule has 2 fully saturated rings. The molecule has 2 N–H and O–H groups in total. The fraction of sp³-hybridized carbons (Fsp3) is 0.385. The van der Waals surface area contributed by atoms with Gasteiger partial charge in [-0.15, -0.1) is 0 Å². The van der Waals surface area contributed by atoms with Crippen LogP contribution in [-0.4, -0.2) is 93.2 Å². The van der Waals surface area contributed by atoms with Crippen LogP contribution in [0.5, 0.6) is 11.5 Å². The smallest absolute Gasteiger partial charge is 0.407 e. The second-order valence-corrected chi connectivity index (χ2v) is 21.5. The highest BCUT2D eigenvalue weighted by molar-refractivity contribution is 7.89. The molecule has 0 radical (unpaired) electrons. The van der Waals surface area contributed by atoms with Crippen LogP contribution in [-0.2, 0) is 73.6 Å². The topological polar surface area (TPSA) is 195 Å². The van der Waals surface area contributed by atoms with E-state index in [0.29, 0.717) is 30.9 Å². The lowest BCUT2D eigenvalue weighted by Crippen LogP contribution is -2.51. The molecule has 7 rings (SSSR count). The molecule has 374 valence electrons. The van der Waals surface area contributed by atoms with Crippen molar-refractivity contribution in [1.82, 2.24) is 9.62 Å². The van der Waals surface area contributed by atoms with Crippen LogP contribution in [0.15, 0.2) is 144 Å². The summed E-state index contributed by atoms with van der Waals surface area (Å²) in [5.41, 5.74) is 3.09. The standard InChI is InChI=1S/C52H61N2O14PS/c1-37(2)30-54(70(59,60)45-25-23-43(24-26-45)62-32-40-13-7-4-8-14-40)31-48(55)47(53-52(57)67-49-35-64-51-46(49)27-28-61-51)29-39-19-21-44(22-20-39)65-36-69(58,66-34-42-17-11-6-12-18-42)68-38(3)50(56)63-33-41-15-9-5-10-16-41/h4-26,37-38,46-49,51,55H,27-36H2,1-3H3,(H,53,57)/t38-,46+,47+,48-,49+,51-,69?/m1/s1. The first-order valence-electron chi connectivity index (χ1n) is 23.3. The minimum atomic E-state index is -4.15. The number of alkyl carbamates (subject to hydrolysis) is 1. The van der Waals surface area contributed by atoms with Crippen molar-refractivity contribution >= 4 is 29.7 Å². The summed E-state index contributed by atoms with van der Waals surface area (Å²) < 4.78 is 89.8. The first-order chi connectivity index (χ1) is 33.7. The zero-order valence-corrected chi connectivity index (χ0v) is 41.2. The number of ether oxygens (including phenoxy) is 6. The minimum absolute atomic E-state index is 0.00185. The number of carbonyl (C=O) groups is 2. The molecule has 7 atom stereocenters. The number of amides is 1. The molecule has 0 saturated carbocycles. The first-order valence-corrected chi connectivity index (χ1v) is 26.4. The Labute approximate surface area is 409 Å². The van der Waals surface area contributed by atoms with Crippen molar-refractivity contribution in [1.29, 1.82) is 0 Å². The van der Waals surface area contributed by atoms with Gasteiger partial charge in [0.15, 0.2) is 18.7 Å². The Balaban J connectivity index is 1.03.